The van der Waals surface area contributed by atoms with E-state index in [9.17, 15) is 19.8 Å². The van der Waals surface area contributed by atoms with Gasteiger partial charge in [-0.1, -0.05) is 36.8 Å². The van der Waals surface area contributed by atoms with Crippen molar-refractivity contribution in [1.29, 1.82) is 0 Å². The van der Waals surface area contributed by atoms with Crippen LogP contribution in [0.25, 0.3) is 10.9 Å². The number of aromatic hydroxyl groups is 1. The number of benzene rings is 2. The monoisotopic (exact) mass is 513 g/mol. The van der Waals surface area contributed by atoms with Gasteiger partial charge in [0.1, 0.15) is 11.5 Å². The molecule has 3 aromatic rings. The molecule has 4 saturated carbocycles. The number of aryl methyl sites for hydroxylation is 1. The van der Waals surface area contributed by atoms with Crippen LogP contribution in [0.1, 0.15) is 87.0 Å². The quantitative estimate of drug-likeness (QED) is 0.274. The molecule has 3 N–H and O–H groups in total. The number of unbranched alkanes of at least 4 members (excludes halogenated alkanes) is 1. The lowest BCUT2D eigenvalue weighted by Crippen LogP contribution is -2.47. The first-order chi connectivity index (χ1) is 18.4. The van der Waals surface area contributed by atoms with E-state index in [-0.39, 0.29) is 11.3 Å². The van der Waals surface area contributed by atoms with Crippen LogP contribution >= 0.6 is 0 Å². The number of hydrogen-bond donors (Lipinski definition) is 3. The number of nitrogens with one attached hydrogen (secondary N) is 1. The zero-order chi connectivity index (χ0) is 26.3. The first-order valence-corrected chi connectivity index (χ1v) is 14.5. The summed E-state index contributed by atoms with van der Waals surface area (Å²) in [4.78, 5) is 27.4. The molecule has 4 aliphatic rings. The van der Waals surface area contributed by atoms with Crippen molar-refractivity contribution in [2.45, 2.75) is 83.2 Å². The number of aliphatic hydroxyl groups is 1. The maximum atomic E-state index is 13.1. The van der Waals surface area contributed by atoms with Gasteiger partial charge >= 0.3 is 0 Å². The molecule has 0 saturated heterocycles. The molecule has 200 valence electrons. The zero-order valence-electron chi connectivity index (χ0n) is 22.1. The van der Waals surface area contributed by atoms with Gasteiger partial charge in [0.15, 0.2) is 0 Å². The highest BCUT2D eigenvalue weighted by atomic mass is 16.3. The minimum atomic E-state index is -0.669. The van der Waals surface area contributed by atoms with Crippen molar-refractivity contribution in [2.24, 2.45) is 23.2 Å². The predicted octanol–water partition coefficient (Wildman–Crippen LogP) is 6.40. The molecule has 5 heteroatoms. The van der Waals surface area contributed by atoms with Gasteiger partial charge in [0.25, 0.3) is 0 Å². The van der Waals surface area contributed by atoms with Gasteiger partial charge in [0, 0.05) is 24.3 Å². The average molecular weight is 514 g/mol. The molecule has 0 spiro atoms. The summed E-state index contributed by atoms with van der Waals surface area (Å²) in [5.74, 6) is 3.06. The molecule has 5 nitrogen and oxygen atoms in total. The lowest BCUT2D eigenvalue weighted by Gasteiger charge is -2.56. The Balaban J connectivity index is 1.01. The Hall–Kier alpha value is -2.92. The molecule has 0 amide bonds. The van der Waals surface area contributed by atoms with Crippen molar-refractivity contribution in [2.75, 3.05) is 0 Å². The molecule has 4 aliphatic carbocycles. The molecular weight excluding hydrogens is 474 g/mol. The topological polar surface area (TPSA) is 90.4 Å². The van der Waals surface area contributed by atoms with Crippen LogP contribution in [-0.4, -0.2) is 21.0 Å². The van der Waals surface area contributed by atoms with Gasteiger partial charge in [0.2, 0.25) is 5.56 Å². The Kier molecular flexibility index (Phi) is 6.90. The number of H-pyrrole nitrogens is 1. The second-order valence-corrected chi connectivity index (χ2v) is 12.7. The van der Waals surface area contributed by atoms with E-state index < -0.39 is 6.10 Å². The van der Waals surface area contributed by atoms with Gasteiger partial charge in [-0.2, -0.15) is 0 Å². The average Bonchev–Trinajstić information content (AvgIpc) is 2.86. The van der Waals surface area contributed by atoms with Crippen LogP contribution in [0, 0.1) is 23.2 Å². The largest absolute Gasteiger partial charge is 0.506 e. The van der Waals surface area contributed by atoms with E-state index in [0.717, 1.165) is 49.0 Å². The molecule has 7 rings (SSSR count). The van der Waals surface area contributed by atoms with E-state index in [2.05, 4.69) is 29.2 Å². The fourth-order valence-electron chi connectivity index (χ4n) is 8.48. The number of rotatable bonds is 10. The second-order valence-electron chi connectivity index (χ2n) is 12.7. The summed E-state index contributed by atoms with van der Waals surface area (Å²) < 4.78 is 0. The number of Topliss-reactive ketones (excluding diaryl/α,β-unsaturated/α-hetero) is 1. The van der Waals surface area contributed by atoms with Crippen LogP contribution in [-0.2, 0) is 17.6 Å². The Bertz CT molecular complexity index is 1350. The third-order valence-corrected chi connectivity index (χ3v) is 9.59. The lowest BCUT2D eigenvalue weighted by atomic mass is 9.48. The SMILES string of the molecule is O=C(Cc1cccc(CCCCC(O)c2ccc(O)c3[nH]c(=O)ccc23)c1)CC12CC3CC(CC(C3)C1)C2. The number of carbonyl (C=O) groups is 1. The van der Waals surface area contributed by atoms with E-state index in [4.69, 9.17) is 0 Å². The number of ketones is 1. The number of aliphatic hydroxyl groups excluding tert-OH is 1. The molecule has 1 aromatic heterocycles. The normalized spacial score (nSPS) is 26.6. The molecule has 0 radical (unpaired) electrons. The van der Waals surface area contributed by atoms with Gasteiger partial charge < -0.3 is 15.2 Å². The highest BCUT2D eigenvalue weighted by Gasteiger charge is 2.51. The highest BCUT2D eigenvalue weighted by molar-refractivity contribution is 5.87. The lowest BCUT2D eigenvalue weighted by molar-refractivity contribution is -0.126. The van der Waals surface area contributed by atoms with E-state index in [1.165, 1.54) is 56.2 Å². The van der Waals surface area contributed by atoms with Crippen LogP contribution in [0.5, 0.6) is 5.75 Å². The molecule has 0 aliphatic heterocycles. The van der Waals surface area contributed by atoms with Crippen LogP contribution in [0.4, 0.5) is 0 Å². The maximum absolute atomic E-state index is 13.1. The highest BCUT2D eigenvalue weighted by Crippen LogP contribution is 2.61. The minimum Gasteiger partial charge on any atom is -0.506 e. The number of pyridine rings is 1. The van der Waals surface area contributed by atoms with Crippen LogP contribution in [0.3, 0.4) is 0 Å². The fraction of sp³-hybridized carbons (Fsp3) is 0.515. The van der Waals surface area contributed by atoms with E-state index in [1.807, 2.05) is 0 Å². The van der Waals surface area contributed by atoms with Crippen molar-refractivity contribution < 1.29 is 15.0 Å². The molecular formula is C33H39NO4. The first-order valence-electron chi connectivity index (χ1n) is 14.5. The molecule has 4 fully saturated rings. The molecule has 38 heavy (non-hydrogen) atoms. The number of carbonyl (C=O) groups excluding carboxylic acids is 1. The molecule has 1 atom stereocenters. The Morgan fingerprint density at radius 3 is 2.39 bits per heavy atom. The van der Waals surface area contributed by atoms with Crippen molar-refractivity contribution in [3.05, 3.63) is 75.6 Å². The van der Waals surface area contributed by atoms with E-state index in [0.29, 0.717) is 40.5 Å². The zero-order valence-corrected chi connectivity index (χ0v) is 22.1. The van der Waals surface area contributed by atoms with Crippen LogP contribution in [0.15, 0.2) is 53.3 Å². The van der Waals surface area contributed by atoms with Gasteiger partial charge in [-0.15, -0.1) is 0 Å². The number of aromatic nitrogens is 1. The maximum Gasteiger partial charge on any atom is 0.248 e. The van der Waals surface area contributed by atoms with E-state index >= 15 is 0 Å². The standard InChI is InChI=1S/C33H39NO4/c35-26(20-33-17-23-13-24(18-33)15-25(14-23)19-33)16-22-6-3-5-21(12-22)4-1-2-7-29(36)27-8-10-30(37)32-28(27)9-11-31(38)34-32/h3,5-6,8-12,23-25,29,36-37H,1-2,4,7,13-20H2,(H,34,38). The summed E-state index contributed by atoms with van der Waals surface area (Å²) in [6.45, 7) is 0. The van der Waals surface area contributed by atoms with Gasteiger partial charge in [-0.25, -0.2) is 0 Å². The summed E-state index contributed by atoms with van der Waals surface area (Å²) in [5, 5.41) is 21.6. The number of hydrogen-bond acceptors (Lipinski definition) is 4. The summed E-state index contributed by atoms with van der Waals surface area (Å²) in [7, 11) is 0. The summed E-state index contributed by atoms with van der Waals surface area (Å²) in [5.41, 5.74) is 3.48. The molecule has 2 aromatic carbocycles. The fourth-order valence-corrected chi connectivity index (χ4v) is 8.48. The number of phenolic OH excluding ortho intramolecular Hbond substituents is 1. The molecule has 1 unspecified atom stereocenters. The summed E-state index contributed by atoms with van der Waals surface area (Å²) in [6.07, 6.45) is 12.1. The van der Waals surface area contributed by atoms with E-state index in [1.54, 1.807) is 12.1 Å². The number of aromatic amines is 1. The van der Waals surface area contributed by atoms with Crippen LogP contribution < -0.4 is 5.56 Å². The Morgan fingerprint density at radius 2 is 1.66 bits per heavy atom. The predicted molar refractivity (Wildman–Crippen MR) is 149 cm³/mol. The van der Waals surface area contributed by atoms with Crippen molar-refractivity contribution in [3.8, 4) is 5.75 Å². The molecule has 4 bridgehead atoms. The number of phenols is 1. The Morgan fingerprint density at radius 1 is 0.947 bits per heavy atom. The Labute approximate surface area is 224 Å². The third-order valence-electron chi connectivity index (χ3n) is 9.59. The van der Waals surface area contributed by atoms with Gasteiger partial charge in [-0.3, -0.25) is 9.59 Å². The smallest absolute Gasteiger partial charge is 0.248 e. The third kappa shape index (κ3) is 5.31. The van der Waals surface area contributed by atoms with Crippen molar-refractivity contribution in [3.63, 3.8) is 0 Å². The van der Waals surface area contributed by atoms with Crippen molar-refractivity contribution >= 4 is 16.7 Å². The molecule has 1 heterocycles. The summed E-state index contributed by atoms with van der Waals surface area (Å²) >= 11 is 0. The second kappa shape index (κ2) is 10.3. The number of fused-ring (bicyclic) bond motifs is 1. The first kappa shape index (κ1) is 25.4. The minimum absolute atomic E-state index is 0.00458. The van der Waals surface area contributed by atoms with Gasteiger partial charge in [-0.05, 0) is 110 Å². The van der Waals surface area contributed by atoms with Crippen molar-refractivity contribution in [1.82, 2.24) is 4.98 Å². The van der Waals surface area contributed by atoms with Crippen LogP contribution in [0.2, 0.25) is 0 Å². The summed E-state index contributed by atoms with van der Waals surface area (Å²) in [6, 6.07) is 14.8. The van der Waals surface area contributed by atoms with Gasteiger partial charge in [0.05, 0.1) is 11.6 Å².